The fourth-order valence-electron chi connectivity index (χ4n) is 3.69. The van der Waals surface area contributed by atoms with Crippen LogP contribution < -0.4 is 9.47 Å². The average molecular weight is 450 g/mol. The molecule has 0 fully saturated rings. The largest absolute Gasteiger partial charge is 0.489 e. The molecule has 0 spiro atoms. The Kier molecular flexibility index (Phi) is 4.97. The van der Waals surface area contributed by atoms with E-state index in [0.29, 0.717) is 32.9 Å². The van der Waals surface area contributed by atoms with Crippen molar-refractivity contribution in [1.29, 1.82) is 0 Å². The van der Waals surface area contributed by atoms with Gasteiger partial charge in [-0.25, -0.2) is 0 Å². The Hall–Kier alpha value is -3.21. The minimum Gasteiger partial charge on any atom is -0.489 e. The monoisotopic (exact) mass is 449 g/mol. The highest BCUT2D eigenvalue weighted by atomic mass is 35.5. The summed E-state index contributed by atoms with van der Waals surface area (Å²) >= 11 is 12.1. The molecule has 0 bridgehead atoms. The second-order valence-electron chi connectivity index (χ2n) is 7.33. The number of allylic oxidation sites excluding steroid dienone is 1. The molecule has 0 amide bonds. The molecule has 0 radical (unpaired) electrons. The van der Waals surface area contributed by atoms with Gasteiger partial charge in [-0.2, -0.15) is 0 Å². The van der Waals surface area contributed by atoms with E-state index >= 15 is 0 Å². The summed E-state index contributed by atoms with van der Waals surface area (Å²) in [5.74, 6) is 1.22. The van der Waals surface area contributed by atoms with Crippen LogP contribution in [0.5, 0.6) is 11.5 Å². The number of halogens is 2. The van der Waals surface area contributed by atoms with Crippen molar-refractivity contribution in [3.63, 3.8) is 0 Å². The summed E-state index contributed by atoms with van der Waals surface area (Å²) in [5, 5.41) is 2.18. The van der Waals surface area contributed by atoms with Crippen molar-refractivity contribution >= 4 is 46.0 Å². The van der Waals surface area contributed by atoms with Gasteiger partial charge >= 0.3 is 0 Å². The number of aryl methyl sites for hydroxylation is 1. The Morgan fingerprint density at radius 1 is 1.06 bits per heavy atom. The fourth-order valence-corrected chi connectivity index (χ4v) is 4.15. The number of hydrogen-bond acceptors (Lipinski definition) is 3. The van der Waals surface area contributed by atoms with E-state index in [9.17, 15) is 4.79 Å². The molecule has 0 atom stereocenters. The Balaban J connectivity index is 1.39. The smallest absolute Gasteiger partial charge is 0.231 e. The van der Waals surface area contributed by atoms with Crippen LogP contribution in [0.25, 0.3) is 17.0 Å². The van der Waals surface area contributed by atoms with Gasteiger partial charge in [0.15, 0.2) is 5.76 Å². The van der Waals surface area contributed by atoms with Gasteiger partial charge in [0.05, 0.1) is 5.56 Å². The summed E-state index contributed by atoms with van der Waals surface area (Å²) in [6, 6.07) is 18.5. The Morgan fingerprint density at radius 3 is 2.74 bits per heavy atom. The molecule has 4 aromatic rings. The summed E-state index contributed by atoms with van der Waals surface area (Å²) in [4.78, 5) is 12.8. The van der Waals surface area contributed by atoms with Crippen LogP contribution in [0.3, 0.4) is 0 Å². The molecule has 0 unspecified atom stereocenters. The lowest BCUT2D eigenvalue weighted by Crippen LogP contribution is -1.98. The first-order valence-corrected chi connectivity index (χ1v) is 10.4. The van der Waals surface area contributed by atoms with Crippen molar-refractivity contribution in [2.75, 3.05) is 0 Å². The second kappa shape index (κ2) is 7.80. The van der Waals surface area contributed by atoms with Crippen molar-refractivity contribution < 1.29 is 14.3 Å². The predicted molar refractivity (Wildman–Crippen MR) is 123 cm³/mol. The number of ketones is 1. The number of fused-ring (bicyclic) bond motifs is 2. The number of rotatable bonds is 4. The van der Waals surface area contributed by atoms with Gasteiger partial charge < -0.3 is 14.0 Å². The van der Waals surface area contributed by atoms with Crippen molar-refractivity contribution in [3.8, 4) is 11.5 Å². The van der Waals surface area contributed by atoms with E-state index in [1.165, 1.54) is 0 Å². The first-order chi connectivity index (χ1) is 15.0. The van der Waals surface area contributed by atoms with Gasteiger partial charge in [0.25, 0.3) is 0 Å². The standard InChI is InChI=1S/C25H17Cl2NO3/c1-28-13-16(19-4-2-3-5-22(19)28)10-24-25(29)20-9-8-18(12-23(20)31-24)30-14-15-6-7-17(26)11-21(15)27/h2-13H,14H2,1H3. The van der Waals surface area contributed by atoms with Gasteiger partial charge in [-0.05, 0) is 36.4 Å². The fraction of sp³-hybridized carbons (Fsp3) is 0.0800. The van der Waals surface area contributed by atoms with Gasteiger partial charge in [-0.3, -0.25) is 4.79 Å². The lowest BCUT2D eigenvalue weighted by atomic mass is 10.1. The van der Waals surface area contributed by atoms with Crippen molar-refractivity contribution in [2.24, 2.45) is 7.05 Å². The molecule has 3 aromatic carbocycles. The molecule has 0 saturated heterocycles. The van der Waals surface area contributed by atoms with E-state index in [-0.39, 0.29) is 12.4 Å². The Bertz CT molecular complexity index is 1370. The zero-order valence-electron chi connectivity index (χ0n) is 16.6. The van der Waals surface area contributed by atoms with E-state index in [4.69, 9.17) is 32.7 Å². The van der Waals surface area contributed by atoms with Crippen molar-refractivity contribution in [3.05, 3.63) is 99.4 Å². The minimum absolute atomic E-state index is 0.143. The molecule has 154 valence electrons. The van der Waals surface area contributed by atoms with Crippen LogP contribution in [0.15, 0.2) is 72.6 Å². The van der Waals surface area contributed by atoms with E-state index in [1.54, 1.807) is 36.4 Å². The SMILES string of the molecule is Cn1cc(C=C2Oc3cc(OCc4ccc(Cl)cc4Cl)ccc3C2=O)c2ccccc21. The molecule has 1 aromatic heterocycles. The molecule has 0 saturated carbocycles. The molecule has 5 rings (SSSR count). The number of ether oxygens (including phenoxy) is 2. The third kappa shape index (κ3) is 3.69. The topological polar surface area (TPSA) is 40.5 Å². The van der Waals surface area contributed by atoms with Crippen LogP contribution in [0.1, 0.15) is 21.5 Å². The highest BCUT2D eigenvalue weighted by Crippen LogP contribution is 2.36. The van der Waals surface area contributed by atoms with Crippen LogP contribution in [0.2, 0.25) is 10.0 Å². The maximum atomic E-state index is 12.8. The van der Waals surface area contributed by atoms with E-state index in [2.05, 4.69) is 0 Å². The first kappa shape index (κ1) is 19.7. The van der Waals surface area contributed by atoms with Gasteiger partial charge in [0.2, 0.25) is 5.78 Å². The molecule has 0 N–H and O–H groups in total. The second-order valence-corrected chi connectivity index (χ2v) is 8.18. The van der Waals surface area contributed by atoms with Gasteiger partial charge in [0.1, 0.15) is 18.1 Å². The van der Waals surface area contributed by atoms with E-state index in [0.717, 1.165) is 22.0 Å². The summed E-state index contributed by atoms with van der Waals surface area (Å²) in [6.07, 6.45) is 3.78. The average Bonchev–Trinajstić information content (AvgIpc) is 3.24. The van der Waals surface area contributed by atoms with Crippen LogP contribution in [-0.4, -0.2) is 10.4 Å². The van der Waals surface area contributed by atoms with Crippen LogP contribution in [0.4, 0.5) is 0 Å². The molecular formula is C25H17Cl2NO3. The first-order valence-electron chi connectivity index (χ1n) is 9.69. The van der Waals surface area contributed by atoms with Crippen molar-refractivity contribution in [1.82, 2.24) is 4.57 Å². The molecule has 1 aliphatic rings. The molecule has 2 heterocycles. The van der Waals surface area contributed by atoms with Crippen molar-refractivity contribution in [2.45, 2.75) is 6.61 Å². The quantitative estimate of drug-likeness (QED) is 0.326. The summed E-state index contributed by atoms with van der Waals surface area (Å²) in [6.45, 7) is 0.279. The summed E-state index contributed by atoms with van der Waals surface area (Å²) < 4.78 is 13.8. The summed E-state index contributed by atoms with van der Waals surface area (Å²) in [7, 11) is 1.98. The van der Waals surface area contributed by atoms with E-state index < -0.39 is 0 Å². The van der Waals surface area contributed by atoms with Crippen LogP contribution in [-0.2, 0) is 13.7 Å². The molecular weight excluding hydrogens is 433 g/mol. The lowest BCUT2D eigenvalue weighted by molar-refractivity contribution is 0.101. The lowest BCUT2D eigenvalue weighted by Gasteiger charge is -2.09. The van der Waals surface area contributed by atoms with Crippen LogP contribution >= 0.6 is 23.2 Å². The highest BCUT2D eigenvalue weighted by Gasteiger charge is 2.28. The predicted octanol–water partition coefficient (Wildman–Crippen LogP) is 6.68. The van der Waals surface area contributed by atoms with Gasteiger partial charge in [-0.15, -0.1) is 0 Å². The normalized spacial score (nSPS) is 14.2. The zero-order valence-corrected chi connectivity index (χ0v) is 18.1. The highest BCUT2D eigenvalue weighted by molar-refractivity contribution is 6.35. The Labute approximate surface area is 189 Å². The Morgan fingerprint density at radius 2 is 1.90 bits per heavy atom. The third-order valence-electron chi connectivity index (χ3n) is 5.27. The number of nitrogens with zero attached hydrogens (tertiary/aromatic N) is 1. The van der Waals surface area contributed by atoms with Gasteiger partial charge in [-0.1, -0.05) is 47.5 Å². The molecule has 4 nitrogen and oxygen atoms in total. The number of benzene rings is 3. The number of carbonyl (C=O) groups excluding carboxylic acids is 1. The molecule has 0 aliphatic carbocycles. The number of carbonyl (C=O) groups is 1. The summed E-state index contributed by atoms with van der Waals surface area (Å²) in [5.41, 5.74) is 3.36. The maximum absolute atomic E-state index is 12.8. The van der Waals surface area contributed by atoms with Gasteiger partial charge in [0, 0.05) is 51.4 Å². The molecule has 1 aliphatic heterocycles. The molecule has 31 heavy (non-hydrogen) atoms. The number of aromatic nitrogens is 1. The number of Topliss-reactive ketones (excluding diaryl/α,β-unsaturated/α-hetero) is 1. The number of hydrogen-bond donors (Lipinski definition) is 0. The van der Waals surface area contributed by atoms with Crippen LogP contribution in [0, 0.1) is 0 Å². The minimum atomic E-state index is -0.143. The maximum Gasteiger partial charge on any atom is 0.231 e. The number of para-hydroxylation sites is 1. The zero-order chi connectivity index (χ0) is 21.5. The third-order valence-corrected chi connectivity index (χ3v) is 5.85. The molecule has 6 heteroatoms. The van der Waals surface area contributed by atoms with E-state index in [1.807, 2.05) is 48.1 Å².